The van der Waals surface area contributed by atoms with E-state index in [0.29, 0.717) is 11.0 Å². The van der Waals surface area contributed by atoms with E-state index in [2.05, 4.69) is 33.4 Å². The zero-order valence-corrected chi connectivity index (χ0v) is 82.1. The summed E-state index contributed by atoms with van der Waals surface area (Å²) in [6.07, 6.45) is -4.24. The van der Waals surface area contributed by atoms with Gasteiger partial charge >= 0.3 is 187 Å². The van der Waals surface area contributed by atoms with Gasteiger partial charge in [0.05, 0.1) is 12.1 Å². The zero-order valence-electron chi connectivity index (χ0n) is 73.1. The van der Waals surface area contributed by atoms with Crippen LogP contribution in [0, 0.1) is 85.2 Å². The number of nitriles is 2. The van der Waals surface area contributed by atoms with Gasteiger partial charge in [-0.05, 0) is 102 Å². The number of alkyl halides is 3. The number of halogens is 3. The summed E-state index contributed by atoms with van der Waals surface area (Å²) in [5.74, 6) is 0. The first-order valence-corrected chi connectivity index (χ1v) is 45.8. The molecule has 0 aliphatic heterocycles. The quantitative estimate of drug-likeness (QED) is 0.0461. The van der Waals surface area contributed by atoms with Gasteiger partial charge in [-0.15, -0.1) is 0 Å². The minimum atomic E-state index is -4.24. The molecule has 0 unspecified atom stereocenters. The van der Waals surface area contributed by atoms with Crippen LogP contribution in [0.2, 0.25) is 0 Å². The summed E-state index contributed by atoms with van der Waals surface area (Å²) in [5.41, 5.74) is 1.51. The molecule has 0 saturated carbocycles. The van der Waals surface area contributed by atoms with Crippen LogP contribution < -0.4 is 46.7 Å². The Labute approximate surface area is 747 Å². The van der Waals surface area contributed by atoms with E-state index in [1.165, 1.54) is 26.0 Å². The molecule has 11 aromatic carbocycles. The van der Waals surface area contributed by atoms with Crippen molar-refractivity contribution >= 4 is 71.6 Å². The number of hydrogen-bond donors (Lipinski definition) is 3. The van der Waals surface area contributed by atoms with Crippen LogP contribution in [0.4, 0.5) is 13.2 Å². The SMILES string of the molecule is CC#N.CC#N.CC(C)(C)[C]#[Mo].CCOCC.CCOCC.CCOCC.CCOCC.FC(F)(F)c1ccc([C]#[Mo])cc1.O[Si](c1ccccc1)(c1ccccc1)c1ccccc1.O[Si](c1ccccc1)(c1ccccc1)c1ccccc1.O[Si](c1ccccc1)(c1ccccc1)c1ccccc1.[CH3-].[CH3-].[CH3-].[CH3-].[CH3-].[CH3-].[Mo]#[C]c1ccccc1. The van der Waals surface area contributed by atoms with Gasteiger partial charge < -0.3 is 77.9 Å². The van der Waals surface area contributed by atoms with E-state index >= 15 is 0 Å². The van der Waals surface area contributed by atoms with Crippen LogP contribution in [0.15, 0.2) is 328 Å². The van der Waals surface area contributed by atoms with Crippen LogP contribution in [-0.4, -0.2) is 92.2 Å². The third kappa shape index (κ3) is 50.1. The van der Waals surface area contributed by atoms with Crippen LogP contribution in [0.3, 0.4) is 0 Å². The number of benzene rings is 11. The topological polar surface area (TPSA) is 145 Å². The van der Waals surface area contributed by atoms with E-state index in [0.717, 1.165) is 117 Å². The van der Waals surface area contributed by atoms with Gasteiger partial charge in [-0.2, -0.15) is 10.5 Å². The summed E-state index contributed by atoms with van der Waals surface area (Å²) in [4.78, 5) is 34.7. The van der Waals surface area contributed by atoms with E-state index < -0.39 is 36.7 Å². The van der Waals surface area contributed by atoms with Crippen LogP contribution in [0.25, 0.3) is 0 Å². The monoisotopic (exact) mass is 1910 g/mol. The zero-order chi connectivity index (χ0) is 83.6. The average Bonchev–Trinajstić information content (AvgIpc) is 0.784. The number of nitrogens with zero attached hydrogens (tertiary/aromatic N) is 2. The molecule has 11 aromatic rings. The number of rotatable bonds is 17. The standard InChI is InChI=1S/3C18H16OSi.C8H4F3.C7H5.C5H9.4C4H10O.2C2H3N.6CH3.3Mo/c3*19-20(16-10-4-1-5-11-16,17-12-6-2-7-13-17)18-14-8-3-9-15-18;1-6-2-4-7(5-3-6)8(9,10)11;1-7-5-3-2-4-6-7;1-5(2,3)4;4*1-3-5-4-2;2*1-2-3;;;;;;;;;/h3*1-15,19H;2-5H;2-6H;1-3H3;4*3-4H2,1-2H3;2*1H3;6*1H3;;;/q;;;;;;;;;;;;6*-1;;;. The Kier molecular flexibility index (Phi) is 79.7. The summed E-state index contributed by atoms with van der Waals surface area (Å²) in [6.45, 7) is 31.9. The molecule has 0 aliphatic carbocycles. The molecule has 0 spiro atoms. The Bertz CT molecular complexity index is 3670. The molecule has 118 heavy (non-hydrogen) atoms. The molecule has 18 heteroatoms. The average molecular weight is 1900 g/mol. The van der Waals surface area contributed by atoms with Gasteiger partial charge in [0.15, 0.2) is 0 Å². The molecule has 0 amide bonds. The van der Waals surface area contributed by atoms with Gasteiger partial charge in [0.2, 0.25) is 0 Å². The fourth-order valence-corrected chi connectivity index (χ4v) is 19.4. The second-order valence-corrected chi connectivity index (χ2v) is 35.0. The van der Waals surface area contributed by atoms with Crippen LogP contribution in [0.1, 0.15) is 107 Å². The molecule has 3 N–H and O–H groups in total. The Morgan fingerprint density at radius 1 is 0.280 bits per heavy atom. The van der Waals surface area contributed by atoms with Crippen LogP contribution in [-0.2, 0) is 82.6 Å². The summed E-state index contributed by atoms with van der Waals surface area (Å²) in [5, 5.41) is 23.7. The molecule has 0 fully saturated rings. The molecule has 0 saturated heterocycles. The first-order chi connectivity index (χ1) is 54.0. The summed E-state index contributed by atoms with van der Waals surface area (Å²) >= 11 is 5.33. The van der Waals surface area contributed by atoms with Crippen LogP contribution in [0.5, 0.6) is 0 Å². The summed E-state index contributed by atoms with van der Waals surface area (Å²) in [7, 11) is -8.63. The molecule has 0 heterocycles. The molecule has 9 nitrogen and oxygen atoms in total. The van der Waals surface area contributed by atoms with Gasteiger partial charge in [-0.1, -0.05) is 273 Å². The first-order valence-electron chi connectivity index (χ1n) is 36.9. The molecular formula is C100H130F3Mo3N2O7Si3-6. The van der Waals surface area contributed by atoms with E-state index in [9.17, 15) is 27.6 Å². The normalized spacial score (nSPS) is 9.44. The third-order valence-electron chi connectivity index (χ3n) is 14.9. The summed E-state index contributed by atoms with van der Waals surface area (Å²) in [6, 6.07) is 108. The van der Waals surface area contributed by atoms with Crippen LogP contribution >= 0.6 is 0 Å². The summed E-state index contributed by atoms with van der Waals surface area (Å²) < 4.78 is 64.2. The molecule has 0 aromatic heterocycles. The molecule has 11 rings (SSSR count). The molecular weight excluding hydrogens is 1770 g/mol. The van der Waals surface area contributed by atoms with E-state index in [4.69, 9.17) is 29.5 Å². The van der Waals surface area contributed by atoms with Gasteiger partial charge in [-0.3, -0.25) is 0 Å². The van der Waals surface area contributed by atoms with E-state index in [1.54, 1.807) is 31.3 Å². The number of ether oxygens (including phenoxy) is 4. The van der Waals surface area contributed by atoms with Crippen molar-refractivity contribution in [3.8, 4) is 24.7 Å². The van der Waals surface area contributed by atoms with Crippen molar-refractivity contribution in [2.75, 3.05) is 52.9 Å². The predicted octanol–water partition coefficient (Wildman–Crippen LogP) is 18.5. The van der Waals surface area contributed by atoms with Crippen molar-refractivity contribution in [2.45, 2.75) is 96.2 Å². The van der Waals surface area contributed by atoms with Crippen molar-refractivity contribution in [3.63, 3.8) is 0 Å². The van der Waals surface area contributed by atoms with Crippen molar-refractivity contribution in [2.24, 2.45) is 5.41 Å². The Hall–Kier alpha value is -8.03. The Morgan fingerprint density at radius 3 is 0.500 bits per heavy atom. The molecule has 0 aliphatic rings. The van der Waals surface area contributed by atoms with Crippen molar-refractivity contribution in [1.82, 2.24) is 0 Å². The molecule has 0 bridgehead atoms. The first kappa shape index (κ1) is 123. The minimum absolute atomic E-state index is 0. The number of hydrogen-bond acceptors (Lipinski definition) is 9. The van der Waals surface area contributed by atoms with Gasteiger partial charge in [-0.25, -0.2) is 0 Å². The maximum atomic E-state index is 12.0. The Balaban J connectivity index is -0.000000240. The van der Waals surface area contributed by atoms with Crippen molar-refractivity contribution in [1.29, 1.82) is 10.5 Å². The fourth-order valence-electron chi connectivity index (χ4n) is 9.66. The fraction of sp³-hybridized carbons (Fsp3) is 0.230. The van der Waals surface area contributed by atoms with Gasteiger partial charge in [0, 0.05) is 66.7 Å². The van der Waals surface area contributed by atoms with Gasteiger partial charge in [0.25, 0.3) is 25.0 Å². The molecule has 0 radical (unpaired) electrons. The van der Waals surface area contributed by atoms with E-state index in [1.807, 2.05) is 397 Å². The van der Waals surface area contributed by atoms with Gasteiger partial charge in [0.1, 0.15) is 0 Å². The third-order valence-corrected chi connectivity index (χ3v) is 28.1. The van der Waals surface area contributed by atoms with Crippen molar-refractivity contribution < 1.29 is 104 Å². The predicted molar refractivity (Wildman–Crippen MR) is 496 cm³/mol. The van der Waals surface area contributed by atoms with Crippen molar-refractivity contribution in [3.05, 3.63) is 389 Å². The second-order valence-electron chi connectivity index (χ2n) is 24.0. The molecule has 639 valence electrons. The Morgan fingerprint density at radius 2 is 0.407 bits per heavy atom. The van der Waals surface area contributed by atoms with E-state index in [-0.39, 0.29) is 44.6 Å². The molecule has 0 atom stereocenters. The maximum absolute atomic E-state index is 12.0. The second kappa shape index (κ2) is 76.4.